The number of nitrogens with one attached hydrogen (secondary N) is 1. The minimum absolute atomic E-state index is 0.0782. The number of hydrogen-bond donors (Lipinski definition) is 1. The van der Waals surface area contributed by atoms with Crippen LogP contribution >= 0.6 is 11.6 Å². The van der Waals surface area contributed by atoms with E-state index in [-0.39, 0.29) is 18.4 Å². The lowest BCUT2D eigenvalue weighted by molar-refractivity contribution is -0.134. The molecule has 1 saturated heterocycles. The molecule has 1 aromatic carbocycles. The number of rotatable bonds is 4. The Labute approximate surface area is 127 Å². The molecule has 0 bridgehead atoms. The van der Waals surface area contributed by atoms with E-state index < -0.39 is 0 Å². The van der Waals surface area contributed by atoms with E-state index in [0.29, 0.717) is 36.8 Å². The molecular weight excluding hydrogens is 294 g/mol. The molecule has 1 aliphatic heterocycles. The standard InChI is InChI=1S/C14H16ClN3O3/c15-12-4-2-1-3-11(12)14(21)16-9-13(20)18-7-5-17(10-19)6-8-18/h1-4,10H,5-9H2,(H,16,21). The Morgan fingerprint density at radius 2 is 1.86 bits per heavy atom. The van der Waals surface area contributed by atoms with Crippen LogP contribution in [0.15, 0.2) is 24.3 Å². The maximum absolute atomic E-state index is 12.0. The number of amides is 3. The van der Waals surface area contributed by atoms with Gasteiger partial charge in [-0.25, -0.2) is 0 Å². The third-order valence-corrected chi connectivity index (χ3v) is 3.66. The van der Waals surface area contributed by atoms with Crippen LogP contribution in [-0.2, 0) is 9.59 Å². The first-order valence-electron chi connectivity index (χ1n) is 6.61. The van der Waals surface area contributed by atoms with Gasteiger partial charge in [-0.3, -0.25) is 14.4 Å². The molecule has 1 aromatic rings. The zero-order valence-electron chi connectivity index (χ0n) is 11.4. The molecule has 1 N–H and O–H groups in total. The zero-order valence-corrected chi connectivity index (χ0v) is 12.2. The molecular formula is C14H16ClN3O3. The van der Waals surface area contributed by atoms with Crippen molar-refractivity contribution in [3.8, 4) is 0 Å². The number of halogens is 1. The highest BCUT2D eigenvalue weighted by Gasteiger charge is 2.20. The van der Waals surface area contributed by atoms with E-state index in [0.717, 1.165) is 6.41 Å². The molecule has 112 valence electrons. The van der Waals surface area contributed by atoms with Gasteiger partial charge in [-0.2, -0.15) is 0 Å². The fourth-order valence-corrected chi connectivity index (χ4v) is 2.31. The molecule has 0 saturated carbocycles. The topological polar surface area (TPSA) is 69.7 Å². The van der Waals surface area contributed by atoms with Gasteiger partial charge in [-0.05, 0) is 12.1 Å². The van der Waals surface area contributed by atoms with E-state index in [9.17, 15) is 14.4 Å². The smallest absolute Gasteiger partial charge is 0.253 e. The van der Waals surface area contributed by atoms with Gasteiger partial charge < -0.3 is 15.1 Å². The summed E-state index contributed by atoms with van der Waals surface area (Å²) in [5.41, 5.74) is 0.345. The molecule has 0 atom stereocenters. The summed E-state index contributed by atoms with van der Waals surface area (Å²) in [4.78, 5) is 37.8. The highest BCUT2D eigenvalue weighted by molar-refractivity contribution is 6.33. The van der Waals surface area contributed by atoms with Gasteiger partial charge in [0.2, 0.25) is 12.3 Å². The van der Waals surface area contributed by atoms with Crippen LogP contribution < -0.4 is 5.32 Å². The summed E-state index contributed by atoms with van der Waals surface area (Å²) in [6.07, 6.45) is 0.779. The number of piperazine rings is 1. The molecule has 0 spiro atoms. The lowest BCUT2D eigenvalue weighted by Crippen LogP contribution is -2.50. The SMILES string of the molecule is O=CN1CCN(C(=O)CNC(=O)c2ccccc2Cl)CC1. The van der Waals surface area contributed by atoms with E-state index >= 15 is 0 Å². The van der Waals surface area contributed by atoms with Crippen LogP contribution in [0.4, 0.5) is 0 Å². The number of nitrogens with zero attached hydrogens (tertiary/aromatic N) is 2. The second kappa shape index (κ2) is 7.08. The highest BCUT2D eigenvalue weighted by atomic mass is 35.5. The zero-order chi connectivity index (χ0) is 15.2. The maximum atomic E-state index is 12.0. The molecule has 3 amide bonds. The predicted molar refractivity (Wildman–Crippen MR) is 78.0 cm³/mol. The van der Waals surface area contributed by atoms with Crippen molar-refractivity contribution in [1.29, 1.82) is 0 Å². The van der Waals surface area contributed by atoms with Crippen LogP contribution in [-0.4, -0.2) is 60.7 Å². The molecule has 0 unspecified atom stereocenters. The van der Waals surface area contributed by atoms with Gasteiger partial charge in [0.15, 0.2) is 0 Å². The van der Waals surface area contributed by atoms with Crippen LogP contribution in [0.1, 0.15) is 10.4 Å². The van der Waals surface area contributed by atoms with Crippen molar-refractivity contribution in [1.82, 2.24) is 15.1 Å². The largest absolute Gasteiger partial charge is 0.343 e. The molecule has 21 heavy (non-hydrogen) atoms. The molecule has 1 heterocycles. The molecule has 1 aliphatic rings. The maximum Gasteiger partial charge on any atom is 0.253 e. The molecule has 6 nitrogen and oxygen atoms in total. The summed E-state index contributed by atoms with van der Waals surface area (Å²) < 4.78 is 0. The second-order valence-corrected chi connectivity index (χ2v) is 5.09. The Morgan fingerprint density at radius 1 is 1.19 bits per heavy atom. The molecule has 0 radical (unpaired) electrons. The van der Waals surface area contributed by atoms with E-state index in [4.69, 9.17) is 11.6 Å². The van der Waals surface area contributed by atoms with Crippen molar-refractivity contribution in [3.05, 3.63) is 34.9 Å². The number of benzene rings is 1. The minimum Gasteiger partial charge on any atom is -0.343 e. The monoisotopic (exact) mass is 309 g/mol. The lowest BCUT2D eigenvalue weighted by Gasteiger charge is -2.32. The van der Waals surface area contributed by atoms with Gasteiger partial charge in [0.1, 0.15) is 0 Å². The van der Waals surface area contributed by atoms with E-state index in [1.165, 1.54) is 0 Å². The molecule has 0 aliphatic carbocycles. The van der Waals surface area contributed by atoms with Gasteiger partial charge >= 0.3 is 0 Å². The Balaban J connectivity index is 1.83. The van der Waals surface area contributed by atoms with Gasteiger partial charge in [0, 0.05) is 26.2 Å². The van der Waals surface area contributed by atoms with Crippen molar-refractivity contribution in [2.24, 2.45) is 0 Å². The van der Waals surface area contributed by atoms with E-state index in [1.54, 1.807) is 34.1 Å². The average molecular weight is 310 g/mol. The summed E-state index contributed by atoms with van der Waals surface area (Å²) in [6, 6.07) is 6.67. The van der Waals surface area contributed by atoms with E-state index in [2.05, 4.69) is 5.32 Å². The predicted octanol–water partition coefficient (Wildman–Crippen LogP) is 0.370. The molecule has 0 aromatic heterocycles. The van der Waals surface area contributed by atoms with Crippen LogP contribution in [0.25, 0.3) is 0 Å². The number of hydrogen-bond acceptors (Lipinski definition) is 3. The summed E-state index contributed by atoms with van der Waals surface area (Å²) >= 11 is 5.92. The normalized spacial score (nSPS) is 14.7. The minimum atomic E-state index is -0.375. The fourth-order valence-electron chi connectivity index (χ4n) is 2.09. The summed E-state index contributed by atoms with van der Waals surface area (Å²) in [7, 11) is 0. The summed E-state index contributed by atoms with van der Waals surface area (Å²) in [5.74, 6) is -0.540. The van der Waals surface area contributed by atoms with Gasteiger partial charge in [-0.15, -0.1) is 0 Å². The van der Waals surface area contributed by atoms with E-state index in [1.807, 2.05) is 0 Å². The van der Waals surface area contributed by atoms with Crippen LogP contribution in [0.2, 0.25) is 5.02 Å². The Hall–Kier alpha value is -2.08. The van der Waals surface area contributed by atoms with Crippen molar-refractivity contribution >= 4 is 29.8 Å². The Kier molecular flexibility index (Phi) is 5.16. The van der Waals surface area contributed by atoms with Crippen molar-refractivity contribution in [3.63, 3.8) is 0 Å². The average Bonchev–Trinajstić information content (AvgIpc) is 2.52. The van der Waals surface area contributed by atoms with Gasteiger partial charge in [0.05, 0.1) is 17.1 Å². The third-order valence-electron chi connectivity index (χ3n) is 3.33. The second-order valence-electron chi connectivity index (χ2n) is 4.68. The summed E-state index contributed by atoms with van der Waals surface area (Å²) in [5, 5.41) is 2.91. The van der Waals surface area contributed by atoms with Crippen LogP contribution in [0, 0.1) is 0 Å². The fraction of sp³-hybridized carbons (Fsp3) is 0.357. The molecule has 7 heteroatoms. The first-order valence-corrected chi connectivity index (χ1v) is 6.99. The summed E-state index contributed by atoms with van der Waals surface area (Å²) in [6.45, 7) is 1.94. The number of carbonyl (C=O) groups is 3. The number of carbonyl (C=O) groups excluding carboxylic acids is 3. The van der Waals surface area contributed by atoms with Crippen molar-refractivity contribution in [2.45, 2.75) is 0 Å². The Bertz CT molecular complexity index is 542. The molecule has 1 fully saturated rings. The first kappa shape index (κ1) is 15.3. The first-order chi connectivity index (χ1) is 10.1. The van der Waals surface area contributed by atoms with Gasteiger partial charge in [0.25, 0.3) is 5.91 Å². The quantitative estimate of drug-likeness (QED) is 0.817. The highest BCUT2D eigenvalue weighted by Crippen LogP contribution is 2.14. The van der Waals surface area contributed by atoms with Crippen LogP contribution in [0.5, 0.6) is 0 Å². The van der Waals surface area contributed by atoms with Gasteiger partial charge in [-0.1, -0.05) is 23.7 Å². The Morgan fingerprint density at radius 3 is 2.48 bits per heavy atom. The van der Waals surface area contributed by atoms with Crippen molar-refractivity contribution in [2.75, 3.05) is 32.7 Å². The third kappa shape index (κ3) is 3.95. The molecule has 2 rings (SSSR count). The lowest BCUT2D eigenvalue weighted by atomic mass is 10.2. The van der Waals surface area contributed by atoms with Crippen molar-refractivity contribution < 1.29 is 14.4 Å². The van der Waals surface area contributed by atoms with Crippen LogP contribution in [0.3, 0.4) is 0 Å².